The number of carbonyl (C=O) groups excluding carboxylic acids is 2. The zero-order chi connectivity index (χ0) is 34.0. The average molecular weight is 677 g/mol. The predicted molar refractivity (Wildman–Crippen MR) is 171 cm³/mol. The van der Waals surface area contributed by atoms with Gasteiger partial charge in [-0.25, -0.2) is 17.2 Å². The normalized spacial score (nSPS) is 19.7. The minimum atomic E-state index is -3.86. The van der Waals surface area contributed by atoms with Gasteiger partial charge in [-0.1, -0.05) is 0 Å². The van der Waals surface area contributed by atoms with E-state index in [1.807, 2.05) is 0 Å². The first-order valence-electron chi connectivity index (χ1n) is 15.6. The Morgan fingerprint density at radius 3 is 2.34 bits per heavy atom. The Labute approximate surface area is 272 Å². The number of hydrogen-bond acceptors (Lipinski definition) is 7. The van der Waals surface area contributed by atoms with E-state index >= 15 is 0 Å². The van der Waals surface area contributed by atoms with Crippen molar-refractivity contribution in [3.8, 4) is 5.75 Å². The zero-order valence-corrected chi connectivity index (χ0v) is 27.2. The molecule has 2 saturated heterocycles. The number of aliphatic imine (C=N–C) groups is 1. The van der Waals surface area contributed by atoms with Crippen molar-refractivity contribution in [2.45, 2.75) is 57.1 Å². The highest BCUT2D eigenvalue weighted by Crippen LogP contribution is 2.33. The van der Waals surface area contributed by atoms with E-state index in [4.69, 9.17) is 4.74 Å². The van der Waals surface area contributed by atoms with Crippen molar-refractivity contribution in [1.82, 2.24) is 14.5 Å². The fourth-order valence-corrected chi connectivity index (χ4v) is 7.32. The monoisotopic (exact) mass is 676 g/mol. The maximum Gasteiger partial charge on any atom is 0.253 e. The molecule has 3 heterocycles. The van der Waals surface area contributed by atoms with Crippen molar-refractivity contribution in [1.29, 1.82) is 0 Å². The smallest absolute Gasteiger partial charge is 0.253 e. The number of nitrogens with zero attached hydrogens (tertiary/aromatic N) is 3. The number of likely N-dealkylation sites (tertiary alicyclic amines) is 1. The van der Waals surface area contributed by atoms with Crippen LogP contribution in [0.5, 0.6) is 5.75 Å². The summed E-state index contributed by atoms with van der Waals surface area (Å²) in [5, 5.41) is 14.0. The van der Waals surface area contributed by atoms with E-state index in [2.05, 4.69) is 10.3 Å². The molecule has 2 aromatic rings. The molecule has 14 heteroatoms. The molecule has 5 rings (SSSR count). The standard InChI is InChI=1S/C33H39F3N4O6S/c1-22-18-25(30(41)39-12-7-32(43,21-35)8-13-39)19-23(2)26(22)6-17-47(44,45)40-14-9-33(10-15-40)31(42)37-29(38-33)24-4-5-27(36)28(20-24)46-16-3-11-34/h4-6,17-20,43H,3,7-16,21H2,1-2H3,(H,37,38,42)/b17-6+. The molecule has 0 atom stereocenters. The summed E-state index contributed by atoms with van der Waals surface area (Å²) in [5.41, 5.74) is 0.363. The number of amides is 2. The Morgan fingerprint density at radius 1 is 1.06 bits per heavy atom. The van der Waals surface area contributed by atoms with Gasteiger partial charge in [-0.2, -0.15) is 4.31 Å². The number of aliphatic hydroxyl groups is 1. The highest BCUT2D eigenvalue weighted by Gasteiger charge is 2.47. The number of alkyl halides is 2. The Hall–Kier alpha value is -3.75. The zero-order valence-electron chi connectivity index (χ0n) is 26.4. The van der Waals surface area contributed by atoms with Crippen molar-refractivity contribution in [3.05, 3.63) is 69.4 Å². The van der Waals surface area contributed by atoms with Gasteiger partial charge in [0.25, 0.3) is 11.8 Å². The number of ether oxygens (including phenoxy) is 1. The topological polar surface area (TPSA) is 129 Å². The minimum Gasteiger partial charge on any atom is -0.490 e. The number of halogens is 3. The first-order valence-corrected chi connectivity index (χ1v) is 17.1. The second kappa shape index (κ2) is 13.8. The minimum absolute atomic E-state index is 0.00260. The van der Waals surface area contributed by atoms with Gasteiger partial charge in [0.1, 0.15) is 18.0 Å². The number of rotatable bonds is 10. The van der Waals surface area contributed by atoms with Crippen LogP contribution >= 0.6 is 0 Å². The van der Waals surface area contributed by atoms with Gasteiger partial charge in [-0.3, -0.25) is 19.0 Å². The van der Waals surface area contributed by atoms with E-state index in [0.29, 0.717) is 27.8 Å². The van der Waals surface area contributed by atoms with Crippen LogP contribution in [0.2, 0.25) is 0 Å². The summed E-state index contributed by atoms with van der Waals surface area (Å²) >= 11 is 0. The lowest BCUT2D eigenvalue weighted by Crippen LogP contribution is -2.50. The van der Waals surface area contributed by atoms with E-state index in [9.17, 15) is 36.3 Å². The lowest BCUT2D eigenvalue weighted by atomic mass is 9.89. The summed E-state index contributed by atoms with van der Waals surface area (Å²) in [7, 11) is -3.86. The quantitative estimate of drug-likeness (QED) is 0.369. The summed E-state index contributed by atoms with van der Waals surface area (Å²) in [6, 6.07) is 7.41. The van der Waals surface area contributed by atoms with Gasteiger partial charge in [0, 0.05) is 49.1 Å². The Morgan fingerprint density at radius 2 is 1.72 bits per heavy atom. The summed E-state index contributed by atoms with van der Waals surface area (Å²) in [6.07, 6.45) is 2.23. The Balaban J connectivity index is 1.24. The van der Waals surface area contributed by atoms with Crippen LogP contribution in [-0.2, 0) is 14.8 Å². The fraction of sp³-hybridized carbons (Fsp3) is 0.485. The fourth-order valence-electron chi connectivity index (χ4n) is 6.14. The maximum atomic E-state index is 14.2. The highest BCUT2D eigenvalue weighted by atomic mass is 32.2. The first-order chi connectivity index (χ1) is 22.3. The van der Waals surface area contributed by atoms with Crippen LogP contribution in [-0.4, -0.2) is 97.7 Å². The molecule has 2 fully saturated rings. The van der Waals surface area contributed by atoms with Crippen molar-refractivity contribution < 1.29 is 41.0 Å². The van der Waals surface area contributed by atoms with Crippen LogP contribution in [0.3, 0.4) is 0 Å². The molecule has 254 valence electrons. The molecule has 0 saturated carbocycles. The van der Waals surface area contributed by atoms with Crippen LogP contribution in [0.25, 0.3) is 6.08 Å². The van der Waals surface area contributed by atoms with Crippen LogP contribution in [0, 0.1) is 19.7 Å². The van der Waals surface area contributed by atoms with Gasteiger partial charge in [-0.05, 0) is 92.6 Å². The van der Waals surface area contributed by atoms with Crippen LogP contribution in [0.4, 0.5) is 13.2 Å². The molecule has 3 aliphatic rings. The summed E-state index contributed by atoms with van der Waals surface area (Å²) in [5.74, 6) is -1.07. The molecular formula is C33H39F3N4O6S. The van der Waals surface area contributed by atoms with E-state index in [-0.39, 0.29) is 88.3 Å². The molecule has 0 radical (unpaired) electrons. The third kappa shape index (κ3) is 7.39. The lowest BCUT2D eigenvalue weighted by Gasteiger charge is -2.36. The second-order valence-corrected chi connectivity index (χ2v) is 14.2. The summed E-state index contributed by atoms with van der Waals surface area (Å²) in [4.78, 5) is 32.4. The number of piperidine rings is 2. The number of sulfonamides is 1. The number of amidine groups is 1. The number of hydrogen-bond donors (Lipinski definition) is 2. The molecular weight excluding hydrogens is 637 g/mol. The van der Waals surface area contributed by atoms with Gasteiger partial charge < -0.3 is 20.1 Å². The SMILES string of the molecule is Cc1cc(C(=O)N2CCC(O)(CF)CC2)cc(C)c1/C=C/S(=O)(=O)N1CCC2(CC1)N=C(c1ccc(F)c(OCCCF)c1)NC2=O. The number of benzene rings is 2. The summed E-state index contributed by atoms with van der Waals surface area (Å²) < 4.78 is 73.0. The Kier molecular flexibility index (Phi) is 10.1. The largest absolute Gasteiger partial charge is 0.490 e. The van der Waals surface area contributed by atoms with Gasteiger partial charge in [-0.15, -0.1) is 0 Å². The molecule has 0 aliphatic carbocycles. The van der Waals surface area contributed by atoms with Crippen molar-refractivity contribution in [2.75, 3.05) is 46.1 Å². The van der Waals surface area contributed by atoms with Gasteiger partial charge in [0.05, 0.1) is 18.9 Å². The number of aryl methyl sites for hydroxylation is 2. The molecule has 10 nitrogen and oxygen atoms in total. The third-order valence-corrected chi connectivity index (χ3v) is 10.7. The van der Waals surface area contributed by atoms with Gasteiger partial charge in [0.2, 0.25) is 10.0 Å². The van der Waals surface area contributed by atoms with E-state index in [0.717, 1.165) is 5.41 Å². The van der Waals surface area contributed by atoms with Crippen LogP contribution in [0.15, 0.2) is 40.7 Å². The molecule has 2 aromatic carbocycles. The highest BCUT2D eigenvalue weighted by molar-refractivity contribution is 7.92. The van der Waals surface area contributed by atoms with Gasteiger partial charge in [0.15, 0.2) is 11.6 Å². The van der Waals surface area contributed by atoms with Crippen molar-refractivity contribution in [2.24, 2.45) is 4.99 Å². The molecule has 2 N–H and O–H groups in total. The summed E-state index contributed by atoms with van der Waals surface area (Å²) in [6.45, 7) is 2.71. The van der Waals surface area contributed by atoms with E-state index < -0.39 is 40.3 Å². The number of carbonyl (C=O) groups is 2. The van der Waals surface area contributed by atoms with Crippen molar-refractivity contribution in [3.63, 3.8) is 0 Å². The molecule has 1 spiro atoms. The Bertz CT molecular complexity index is 1670. The molecule has 3 aliphatic heterocycles. The molecule has 47 heavy (non-hydrogen) atoms. The molecule has 0 unspecified atom stereocenters. The second-order valence-electron chi connectivity index (χ2n) is 12.4. The average Bonchev–Trinajstić information content (AvgIpc) is 3.36. The predicted octanol–water partition coefficient (Wildman–Crippen LogP) is 3.83. The lowest BCUT2D eigenvalue weighted by molar-refractivity contribution is -0.124. The van der Waals surface area contributed by atoms with Crippen LogP contribution in [0.1, 0.15) is 64.7 Å². The number of nitrogens with one attached hydrogen (secondary N) is 1. The first kappa shape index (κ1) is 34.6. The third-order valence-electron chi connectivity index (χ3n) is 9.11. The molecule has 2 amide bonds. The van der Waals surface area contributed by atoms with Crippen molar-refractivity contribution >= 4 is 33.7 Å². The van der Waals surface area contributed by atoms with E-state index in [1.165, 1.54) is 28.6 Å². The van der Waals surface area contributed by atoms with Gasteiger partial charge >= 0.3 is 0 Å². The van der Waals surface area contributed by atoms with Crippen LogP contribution < -0.4 is 10.1 Å². The van der Waals surface area contributed by atoms with E-state index in [1.54, 1.807) is 30.9 Å². The maximum absolute atomic E-state index is 14.2. The molecule has 0 bridgehead atoms. The molecule has 0 aromatic heterocycles.